The predicted molar refractivity (Wildman–Crippen MR) is 79.8 cm³/mol. The summed E-state index contributed by atoms with van der Waals surface area (Å²) in [6.07, 6.45) is 0.0620. The molecule has 1 saturated heterocycles. The zero-order valence-corrected chi connectivity index (χ0v) is 11.7. The molecule has 1 aromatic carbocycles. The second kappa shape index (κ2) is 5.68. The molecular weight excluding hydrogens is 282 g/mol. The van der Waals surface area contributed by atoms with Crippen molar-refractivity contribution in [1.29, 1.82) is 0 Å². The summed E-state index contributed by atoms with van der Waals surface area (Å²) in [5, 5.41) is 16.0. The van der Waals surface area contributed by atoms with Crippen LogP contribution in [0, 0.1) is 0 Å². The van der Waals surface area contributed by atoms with Gasteiger partial charge in [-0.1, -0.05) is 30.3 Å². The van der Waals surface area contributed by atoms with E-state index < -0.39 is 0 Å². The van der Waals surface area contributed by atoms with Gasteiger partial charge >= 0.3 is 0 Å². The highest BCUT2D eigenvalue weighted by Gasteiger charge is 2.14. The smallest absolute Gasteiger partial charge is 0.231 e. The van der Waals surface area contributed by atoms with Crippen LogP contribution in [0.5, 0.6) is 5.88 Å². The van der Waals surface area contributed by atoms with E-state index in [0.717, 1.165) is 5.56 Å². The van der Waals surface area contributed by atoms with E-state index in [1.165, 1.54) is 0 Å². The Labute approximate surface area is 126 Å². The maximum absolute atomic E-state index is 5.71. The maximum Gasteiger partial charge on any atom is 0.231 e. The summed E-state index contributed by atoms with van der Waals surface area (Å²) < 4.78 is 7.40. The minimum Gasteiger partial charge on any atom is -0.473 e. The summed E-state index contributed by atoms with van der Waals surface area (Å²) in [4.78, 5) is 0. The monoisotopic (exact) mass is 297 g/mol. The van der Waals surface area contributed by atoms with E-state index in [2.05, 4.69) is 31.5 Å². The Bertz CT molecular complexity index is 767. The number of nitrogens with one attached hydrogen (secondary N) is 3. The van der Waals surface area contributed by atoms with Gasteiger partial charge in [0.05, 0.1) is 6.67 Å². The molecule has 8 nitrogen and oxygen atoms in total. The van der Waals surface area contributed by atoms with Crippen LogP contribution in [0.25, 0.3) is 17.0 Å². The Balaban J connectivity index is 1.61. The zero-order chi connectivity index (χ0) is 14.8. The molecule has 0 radical (unpaired) electrons. The lowest BCUT2D eigenvalue weighted by Crippen LogP contribution is -2.39. The first-order chi connectivity index (χ1) is 10.9. The zero-order valence-electron chi connectivity index (χ0n) is 11.7. The third-order valence-corrected chi connectivity index (χ3v) is 3.38. The summed E-state index contributed by atoms with van der Waals surface area (Å²) in [6.45, 7) is 1.18. The minimum absolute atomic E-state index is 0.0620. The summed E-state index contributed by atoms with van der Waals surface area (Å²) in [5.41, 5.74) is 7.68. The number of rotatable bonds is 4. The average Bonchev–Trinajstić information content (AvgIpc) is 3.23. The standard InChI is InChI=1S/C14H15N7O/c1-2-4-10(5-3-1)14-19-18-12-6-7-13(20-21(12)14)22-8-11-15-9-16-17-11/h1-7,11,15-17H,8-9H2. The number of hydrogen-bond donors (Lipinski definition) is 3. The topological polar surface area (TPSA) is 88.4 Å². The fourth-order valence-corrected chi connectivity index (χ4v) is 2.29. The largest absolute Gasteiger partial charge is 0.473 e. The Morgan fingerprint density at radius 3 is 2.86 bits per heavy atom. The van der Waals surface area contributed by atoms with Gasteiger partial charge in [0.1, 0.15) is 12.8 Å². The fourth-order valence-electron chi connectivity index (χ4n) is 2.29. The second-order valence-electron chi connectivity index (χ2n) is 4.90. The van der Waals surface area contributed by atoms with Crippen molar-refractivity contribution in [3.05, 3.63) is 42.5 Å². The summed E-state index contributed by atoms with van der Waals surface area (Å²) in [7, 11) is 0. The van der Waals surface area contributed by atoms with Crippen molar-refractivity contribution >= 4 is 5.65 Å². The van der Waals surface area contributed by atoms with Crippen molar-refractivity contribution < 1.29 is 4.74 Å². The number of nitrogens with zero attached hydrogens (tertiary/aromatic N) is 4. The Hall–Kier alpha value is -2.55. The van der Waals surface area contributed by atoms with Gasteiger partial charge in [-0.3, -0.25) is 5.32 Å². The number of aromatic nitrogens is 4. The van der Waals surface area contributed by atoms with Gasteiger partial charge in [0, 0.05) is 11.6 Å². The van der Waals surface area contributed by atoms with Crippen molar-refractivity contribution in [3.8, 4) is 17.3 Å². The van der Waals surface area contributed by atoms with Crippen molar-refractivity contribution in [2.45, 2.75) is 6.17 Å². The number of hydrogen-bond acceptors (Lipinski definition) is 7. The van der Waals surface area contributed by atoms with Gasteiger partial charge in [-0.15, -0.1) is 15.3 Å². The molecule has 3 N–H and O–H groups in total. The molecule has 0 aliphatic carbocycles. The molecule has 1 atom stereocenters. The quantitative estimate of drug-likeness (QED) is 0.632. The van der Waals surface area contributed by atoms with Crippen LogP contribution in [0.3, 0.4) is 0 Å². The third kappa shape index (κ3) is 2.50. The Morgan fingerprint density at radius 1 is 1.14 bits per heavy atom. The van der Waals surface area contributed by atoms with E-state index in [4.69, 9.17) is 4.74 Å². The van der Waals surface area contributed by atoms with Crippen molar-refractivity contribution in [1.82, 2.24) is 36.0 Å². The first-order valence-electron chi connectivity index (χ1n) is 7.02. The molecule has 112 valence electrons. The average molecular weight is 297 g/mol. The lowest BCUT2D eigenvalue weighted by Gasteiger charge is -2.11. The molecule has 1 unspecified atom stereocenters. The van der Waals surface area contributed by atoms with E-state index in [0.29, 0.717) is 30.6 Å². The molecule has 2 aromatic heterocycles. The van der Waals surface area contributed by atoms with Gasteiger partial charge in [-0.05, 0) is 6.07 Å². The van der Waals surface area contributed by atoms with Crippen molar-refractivity contribution in [3.63, 3.8) is 0 Å². The molecule has 0 amide bonds. The first kappa shape index (κ1) is 13.1. The van der Waals surface area contributed by atoms with E-state index in [9.17, 15) is 0 Å². The van der Waals surface area contributed by atoms with Crippen LogP contribution in [0.4, 0.5) is 0 Å². The van der Waals surface area contributed by atoms with Gasteiger partial charge in [0.2, 0.25) is 5.88 Å². The SMILES string of the molecule is c1ccc(-c2nnc3ccc(OCC4NCNN4)nn23)cc1. The van der Waals surface area contributed by atoms with Crippen molar-refractivity contribution in [2.75, 3.05) is 13.3 Å². The van der Waals surface area contributed by atoms with Gasteiger partial charge in [0.15, 0.2) is 11.5 Å². The Kier molecular flexibility index (Phi) is 3.39. The van der Waals surface area contributed by atoms with Crippen LogP contribution in [-0.2, 0) is 0 Å². The lowest BCUT2D eigenvalue weighted by molar-refractivity contribution is 0.250. The molecule has 4 rings (SSSR count). The highest BCUT2D eigenvalue weighted by atomic mass is 16.5. The van der Waals surface area contributed by atoms with Crippen LogP contribution in [0.2, 0.25) is 0 Å². The summed E-state index contributed by atoms with van der Waals surface area (Å²) in [6, 6.07) is 13.5. The van der Waals surface area contributed by atoms with Gasteiger partial charge in [-0.2, -0.15) is 4.52 Å². The van der Waals surface area contributed by atoms with Crippen LogP contribution >= 0.6 is 0 Å². The van der Waals surface area contributed by atoms with Crippen molar-refractivity contribution in [2.24, 2.45) is 0 Å². The molecule has 1 fully saturated rings. The number of ether oxygens (including phenoxy) is 1. The molecule has 1 aliphatic rings. The molecular formula is C14H15N7O. The van der Waals surface area contributed by atoms with Gasteiger partial charge in [-0.25, -0.2) is 10.9 Å². The number of benzene rings is 1. The highest BCUT2D eigenvalue weighted by molar-refractivity contribution is 5.58. The van der Waals surface area contributed by atoms with E-state index in [1.54, 1.807) is 10.6 Å². The van der Waals surface area contributed by atoms with Crippen LogP contribution in [0.15, 0.2) is 42.5 Å². The summed E-state index contributed by atoms with van der Waals surface area (Å²) in [5.74, 6) is 1.22. The first-order valence-corrected chi connectivity index (χ1v) is 7.02. The molecule has 0 bridgehead atoms. The maximum atomic E-state index is 5.71. The third-order valence-electron chi connectivity index (χ3n) is 3.38. The van der Waals surface area contributed by atoms with Gasteiger partial charge < -0.3 is 4.74 Å². The molecule has 3 heterocycles. The molecule has 0 spiro atoms. The second-order valence-corrected chi connectivity index (χ2v) is 4.90. The van der Waals surface area contributed by atoms with Gasteiger partial charge in [0.25, 0.3) is 0 Å². The van der Waals surface area contributed by atoms with Crippen LogP contribution in [-0.4, -0.2) is 39.3 Å². The molecule has 0 saturated carbocycles. The summed E-state index contributed by atoms with van der Waals surface area (Å²) >= 11 is 0. The normalized spacial score (nSPS) is 17.9. The molecule has 3 aromatic rings. The minimum atomic E-state index is 0.0620. The predicted octanol–water partition coefficient (Wildman–Crippen LogP) is 0.151. The fraction of sp³-hybridized carbons (Fsp3) is 0.214. The van der Waals surface area contributed by atoms with E-state index in [1.807, 2.05) is 36.4 Å². The molecule has 1 aliphatic heterocycles. The number of fused-ring (bicyclic) bond motifs is 1. The van der Waals surface area contributed by atoms with E-state index >= 15 is 0 Å². The van der Waals surface area contributed by atoms with E-state index in [-0.39, 0.29) is 6.17 Å². The highest BCUT2D eigenvalue weighted by Crippen LogP contribution is 2.18. The molecule has 22 heavy (non-hydrogen) atoms. The van der Waals surface area contributed by atoms with Crippen LogP contribution < -0.4 is 20.9 Å². The van der Waals surface area contributed by atoms with Crippen LogP contribution in [0.1, 0.15) is 0 Å². The molecule has 8 heteroatoms. The number of hydrazine groups is 1. The Morgan fingerprint density at radius 2 is 2.05 bits per heavy atom. The lowest BCUT2D eigenvalue weighted by atomic mass is 10.2.